The van der Waals surface area contributed by atoms with Gasteiger partial charge in [0.2, 0.25) is 0 Å². The van der Waals surface area contributed by atoms with Gasteiger partial charge >= 0.3 is 0 Å². The van der Waals surface area contributed by atoms with Crippen LogP contribution in [0.1, 0.15) is 27.4 Å². The summed E-state index contributed by atoms with van der Waals surface area (Å²) in [5, 5.41) is 1.84. The van der Waals surface area contributed by atoms with Gasteiger partial charge in [-0.05, 0) is 11.1 Å². The molecule has 0 atom stereocenters. The van der Waals surface area contributed by atoms with Crippen LogP contribution in [-0.2, 0) is 11.3 Å². The van der Waals surface area contributed by atoms with Crippen molar-refractivity contribution >= 4 is 23.0 Å². The number of ketones is 1. The molecule has 1 heterocycles. The lowest BCUT2D eigenvalue weighted by Crippen LogP contribution is -2.23. The molecule has 0 aliphatic heterocycles. The third-order valence-electron chi connectivity index (χ3n) is 4.79. The van der Waals surface area contributed by atoms with E-state index in [1.54, 1.807) is 22.9 Å². The lowest BCUT2D eigenvalue weighted by atomic mass is 9.91. The SMILES string of the molecule is O=C(Cn1ccsc1=NC(=O)C(c1ccccc1)c1ccccc1)c1ccccc1. The van der Waals surface area contributed by atoms with Gasteiger partial charge in [0.1, 0.15) is 0 Å². The molecule has 4 nitrogen and oxygen atoms in total. The van der Waals surface area contributed by atoms with Gasteiger partial charge in [-0.3, -0.25) is 9.59 Å². The average Bonchev–Trinajstić information content (AvgIpc) is 3.22. The van der Waals surface area contributed by atoms with Crippen molar-refractivity contribution in [3.63, 3.8) is 0 Å². The second-order valence-corrected chi connectivity index (χ2v) is 7.68. The highest BCUT2D eigenvalue weighted by Crippen LogP contribution is 2.25. The molecule has 0 fully saturated rings. The van der Waals surface area contributed by atoms with Gasteiger partial charge in [-0.1, -0.05) is 91.0 Å². The highest BCUT2D eigenvalue weighted by Gasteiger charge is 2.22. The molecule has 0 saturated carbocycles. The summed E-state index contributed by atoms with van der Waals surface area (Å²) < 4.78 is 1.73. The van der Waals surface area contributed by atoms with Gasteiger partial charge < -0.3 is 4.57 Å². The number of hydrogen-bond donors (Lipinski definition) is 0. The van der Waals surface area contributed by atoms with Crippen molar-refractivity contribution in [2.45, 2.75) is 12.5 Å². The van der Waals surface area contributed by atoms with E-state index in [-0.39, 0.29) is 18.2 Å². The molecular formula is C25H20N2O2S. The molecule has 4 rings (SSSR count). The fourth-order valence-corrected chi connectivity index (χ4v) is 4.04. The predicted octanol–water partition coefficient (Wildman–Crippen LogP) is 4.69. The summed E-state index contributed by atoms with van der Waals surface area (Å²) in [6.45, 7) is 0.140. The number of rotatable bonds is 6. The van der Waals surface area contributed by atoms with Crippen LogP contribution in [0.2, 0.25) is 0 Å². The van der Waals surface area contributed by atoms with E-state index in [1.807, 2.05) is 84.2 Å². The van der Waals surface area contributed by atoms with E-state index in [0.717, 1.165) is 11.1 Å². The van der Waals surface area contributed by atoms with E-state index >= 15 is 0 Å². The Morgan fingerprint density at radius 3 is 1.90 bits per heavy atom. The van der Waals surface area contributed by atoms with E-state index in [2.05, 4.69) is 4.99 Å². The maximum absolute atomic E-state index is 13.3. The Bertz CT molecular complexity index is 1160. The second-order valence-electron chi connectivity index (χ2n) is 6.81. The molecule has 148 valence electrons. The van der Waals surface area contributed by atoms with Gasteiger partial charge in [0.25, 0.3) is 5.91 Å². The minimum absolute atomic E-state index is 0.0226. The molecule has 4 aromatic rings. The van der Waals surface area contributed by atoms with Gasteiger partial charge in [0.05, 0.1) is 12.5 Å². The van der Waals surface area contributed by atoms with Crippen molar-refractivity contribution in [1.29, 1.82) is 0 Å². The van der Waals surface area contributed by atoms with Gasteiger partial charge in [-0.25, -0.2) is 0 Å². The molecule has 1 amide bonds. The molecular weight excluding hydrogens is 392 g/mol. The summed E-state index contributed by atoms with van der Waals surface area (Å²) in [5.41, 5.74) is 2.42. The number of amides is 1. The highest BCUT2D eigenvalue weighted by atomic mass is 32.1. The number of nitrogens with zero attached hydrogens (tertiary/aromatic N) is 2. The van der Waals surface area contributed by atoms with Gasteiger partial charge in [-0.15, -0.1) is 11.3 Å². The smallest absolute Gasteiger partial charge is 0.260 e. The van der Waals surface area contributed by atoms with Crippen molar-refractivity contribution in [2.24, 2.45) is 4.99 Å². The van der Waals surface area contributed by atoms with E-state index in [9.17, 15) is 9.59 Å². The molecule has 0 radical (unpaired) electrons. The zero-order valence-corrected chi connectivity index (χ0v) is 17.0. The molecule has 0 N–H and O–H groups in total. The van der Waals surface area contributed by atoms with Crippen LogP contribution < -0.4 is 4.80 Å². The Balaban J connectivity index is 1.66. The van der Waals surface area contributed by atoms with Crippen molar-refractivity contribution in [2.75, 3.05) is 0 Å². The first kappa shape index (κ1) is 19.7. The summed E-state index contributed by atoms with van der Waals surface area (Å²) in [4.78, 5) is 30.8. The molecule has 0 saturated heterocycles. The molecule has 0 bridgehead atoms. The second kappa shape index (κ2) is 9.29. The number of thiazole rings is 1. The Morgan fingerprint density at radius 2 is 1.33 bits per heavy atom. The molecule has 0 spiro atoms. The maximum atomic E-state index is 13.3. The predicted molar refractivity (Wildman–Crippen MR) is 118 cm³/mol. The van der Waals surface area contributed by atoms with Crippen LogP contribution in [0.5, 0.6) is 0 Å². The number of hydrogen-bond acceptors (Lipinski definition) is 3. The Kier molecular flexibility index (Phi) is 6.11. The minimum atomic E-state index is -0.493. The fraction of sp³-hybridized carbons (Fsp3) is 0.0800. The third-order valence-corrected chi connectivity index (χ3v) is 5.58. The van der Waals surface area contributed by atoms with E-state index in [0.29, 0.717) is 10.4 Å². The zero-order chi connectivity index (χ0) is 20.8. The van der Waals surface area contributed by atoms with Crippen LogP contribution in [0.3, 0.4) is 0 Å². The first-order chi connectivity index (χ1) is 14.7. The van der Waals surface area contributed by atoms with E-state index in [4.69, 9.17) is 0 Å². The van der Waals surface area contributed by atoms with Crippen LogP contribution in [0.15, 0.2) is 108 Å². The monoisotopic (exact) mass is 412 g/mol. The highest BCUT2D eigenvalue weighted by molar-refractivity contribution is 7.07. The topological polar surface area (TPSA) is 51.4 Å². The molecule has 1 aromatic heterocycles. The molecule has 3 aromatic carbocycles. The van der Waals surface area contributed by atoms with E-state index in [1.165, 1.54) is 11.3 Å². The normalized spacial score (nSPS) is 11.6. The Hall–Kier alpha value is -3.57. The fourth-order valence-electron chi connectivity index (χ4n) is 3.30. The quantitative estimate of drug-likeness (QED) is 0.431. The average molecular weight is 413 g/mol. The largest absolute Gasteiger partial charge is 0.316 e. The number of Topliss-reactive ketones (excluding diaryl/α,β-unsaturated/α-hetero) is 1. The molecule has 30 heavy (non-hydrogen) atoms. The number of carbonyl (C=O) groups is 2. The summed E-state index contributed by atoms with van der Waals surface area (Å²) in [7, 11) is 0. The van der Waals surface area contributed by atoms with Crippen molar-refractivity contribution in [3.8, 4) is 0 Å². The first-order valence-corrected chi connectivity index (χ1v) is 10.5. The van der Waals surface area contributed by atoms with Gasteiger partial charge in [-0.2, -0.15) is 4.99 Å². The Labute approximate surface area is 178 Å². The summed E-state index contributed by atoms with van der Waals surface area (Å²) in [5.74, 6) is -0.769. The summed E-state index contributed by atoms with van der Waals surface area (Å²) in [6.07, 6.45) is 1.79. The molecule has 0 unspecified atom stereocenters. The molecule has 0 aliphatic rings. The Morgan fingerprint density at radius 1 is 0.800 bits per heavy atom. The standard InChI is InChI=1S/C25H20N2O2S/c28-22(19-10-4-1-5-11-19)18-27-16-17-30-25(27)26-24(29)23(20-12-6-2-7-13-20)21-14-8-3-9-15-21/h1-17,23H,18H2. The van der Waals surface area contributed by atoms with Crippen molar-refractivity contribution < 1.29 is 9.59 Å². The van der Waals surface area contributed by atoms with E-state index < -0.39 is 5.92 Å². The van der Waals surface area contributed by atoms with Gasteiger partial charge in [0.15, 0.2) is 10.6 Å². The molecule has 5 heteroatoms. The zero-order valence-electron chi connectivity index (χ0n) is 16.2. The third kappa shape index (κ3) is 4.53. The lowest BCUT2D eigenvalue weighted by molar-refractivity contribution is -0.118. The number of benzene rings is 3. The first-order valence-electron chi connectivity index (χ1n) is 9.63. The number of carbonyl (C=O) groups excluding carboxylic acids is 2. The van der Waals surface area contributed by atoms with Crippen molar-refractivity contribution in [1.82, 2.24) is 4.57 Å². The summed E-state index contributed by atoms with van der Waals surface area (Å²) in [6, 6.07) is 28.4. The maximum Gasteiger partial charge on any atom is 0.260 e. The minimum Gasteiger partial charge on any atom is -0.316 e. The summed E-state index contributed by atoms with van der Waals surface area (Å²) >= 11 is 1.35. The van der Waals surface area contributed by atoms with Crippen LogP contribution in [0.4, 0.5) is 0 Å². The lowest BCUT2D eigenvalue weighted by Gasteiger charge is -2.14. The number of aromatic nitrogens is 1. The van der Waals surface area contributed by atoms with Gasteiger partial charge in [0, 0.05) is 17.1 Å². The van der Waals surface area contributed by atoms with Crippen LogP contribution >= 0.6 is 11.3 Å². The van der Waals surface area contributed by atoms with Crippen LogP contribution in [-0.4, -0.2) is 16.3 Å². The van der Waals surface area contributed by atoms with Crippen molar-refractivity contribution in [3.05, 3.63) is 124 Å². The van der Waals surface area contributed by atoms with Crippen LogP contribution in [0.25, 0.3) is 0 Å². The van der Waals surface area contributed by atoms with Crippen LogP contribution in [0, 0.1) is 0 Å². The molecule has 0 aliphatic carbocycles.